The van der Waals surface area contributed by atoms with Crippen LogP contribution in [0.4, 0.5) is 13.2 Å². The molecule has 0 radical (unpaired) electrons. The maximum atomic E-state index is 12.6. The van der Waals surface area contributed by atoms with Crippen LogP contribution in [0.25, 0.3) is 0 Å². The lowest BCUT2D eigenvalue weighted by atomic mass is 10.1. The van der Waals surface area contributed by atoms with E-state index in [1.807, 2.05) is 24.3 Å². The van der Waals surface area contributed by atoms with E-state index >= 15 is 0 Å². The topological polar surface area (TPSA) is 30.3 Å². The predicted molar refractivity (Wildman–Crippen MR) is 93.2 cm³/mol. The second-order valence-corrected chi connectivity index (χ2v) is 6.52. The Bertz CT molecular complexity index is 770. The molecule has 0 bridgehead atoms. The van der Waals surface area contributed by atoms with Crippen molar-refractivity contribution in [3.05, 3.63) is 70.8 Å². The number of nitriles is 1. The van der Waals surface area contributed by atoms with E-state index in [1.165, 1.54) is 0 Å². The third-order valence-corrected chi connectivity index (χ3v) is 4.68. The molecule has 1 aliphatic rings. The van der Waals surface area contributed by atoms with Gasteiger partial charge < -0.3 is 0 Å². The molecule has 0 N–H and O–H groups in total. The molecule has 1 fully saturated rings. The van der Waals surface area contributed by atoms with Crippen LogP contribution in [-0.2, 0) is 19.3 Å². The summed E-state index contributed by atoms with van der Waals surface area (Å²) in [6, 6.07) is 15.2. The highest BCUT2D eigenvalue weighted by molar-refractivity contribution is 5.37. The normalized spacial score (nSPS) is 16.4. The zero-order chi connectivity index (χ0) is 18.6. The summed E-state index contributed by atoms with van der Waals surface area (Å²) in [6.07, 6.45) is -4.29. The van der Waals surface area contributed by atoms with E-state index in [1.54, 1.807) is 12.1 Å². The molecule has 2 aromatic rings. The number of hydrogen-bond acceptors (Lipinski definition) is 3. The predicted octanol–water partition coefficient (Wildman–Crippen LogP) is 3.89. The third-order valence-electron chi connectivity index (χ3n) is 4.68. The summed E-state index contributed by atoms with van der Waals surface area (Å²) in [5.74, 6) is 0. The maximum absolute atomic E-state index is 12.6. The van der Waals surface area contributed by atoms with Crippen LogP contribution in [0.5, 0.6) is 0 Å². The van der Waals surface area contributed by atoms with E-state index < -0.39 is 11.7 Å². The van der Waals surface area contributed by atoms with E-state index in [-0.39, 0.29) is 0 Å². The van der Waals surface area contributed by atoms with Gasteiger partial charge in [0.05, 0.1) is 17.2 Å². The number of hydrogen-bond donors (Lipinski definition) is 0. The average Bonchev–Trinajstić information content (AvgIpc) is 2.63. The molecule has 1 aliphatic heterocycles. The van der Waals surface area contributed by atoms with Crippen LogP contribution >= 0.6 is 0 Å². The Hall–Kier alpha value is -2.36. The first kappa shape index (κ1) is 18.4. The molecular weight excluding hydrogens is 339 g/mol. The first-order valence-corrected chi connectivity index (χ1v) is 8.54. The largest absolute Gasteiger partial charge is 0.416 e. The molecule has 1 saturated heterocycles. The molecule has 0 aromatic heterocycles. The van der Waals surface area contributed by atoms with Crippen LogP contribution in [0, 0.1) is 11.3 Å². The van der Waals surface area contributed by atoms with Gasteiger partial charge in [0, 0.05) is 39.3 Å². The Morgan fingerprint density at radius 1 is 0.846 bits per heavy atom. The van der Waals surface area contributed by atoms with Gasteiger partial charge in [0.1, 0.15) is 0 Å². The van der Waals surface area contributed by atoms with E-state index in [0.717, 1.165) is 56.0 Å². The second kappa shape index (κ2) is 7.90. The summed E-state index contributed by atoms with van der Waals surface area (Å²) >= 11 is 0. The van der Waals surface area contributed by atoms with Crippen molar-refractivity contribution in [2.45, 2.75) is 19.3 Å². The lowest BCUT2D eigenvalue weighted by Crippen LogP contribution is -2.45. The van der Waals surface area contributed by atoms with Gasteiger partial charge in [-0.2, -0.15) is 18.4 Å². The molecule has 0 spiro atoms. The summed E-state index contributed by atoms with van der Waals surface area (Å²) in [6.45, 7) is 4.87. The molecule has 3 nitrogen and oxygen atoms in total. The highest BCUT2D eigenvalue weighted by atomic mass is 19.4. The van der Waals surface area contributed by atoms with Gasteiger partial charge in [0.25, 0.3) is 0 Å². The Morgan fingerprint density at radius 3 is 2.00 bits per heavy atom. The van der Waals surface area contributed by atoms with E-state index in [9.17, 15) is 18.4 Å². The van der Waals surface area contributed by atoms with Crippen molar-refractivity contribution in [3.8, 4) is 6.07 Å². The van der Waals surface area contributed by atoms with Crippen LogP contribution in [0.15, 0.2) is 48.5 Å². The number of nitrogens with zero attached hydrogens (tertiary/aromatic N) is 3. The van der Waals surface area contributed by atoms with Crippen LogP contribution < -0.4 is 0 Å². The van der Waals surface area contributed by atoms with Crippen LogP contribution in [0.2, 0.25) is 0 Å². The number of rotatable bonds is 4. The molecule has 0 unspecified atom stereocenters. The van der Waals surface area contributed by atoms with Gasteiger partial charge >= 0.3 is 6.18 Å². The first-order chi connectivity index (χ1) is 12.5. The van der Waals surface area contributed by atoms with E-state index in [2.05, 4.69) is 15.9 Å². The lowest BCUT2D eigenvalue weighted by molar-refractivity contribution is -0.137. The van der Waals surface area contributed by atoms with E-state index in [0.29, 0.717) is 12.1 Å². The quantitative estimate of drug-likeness (QED) is 0.830. The highest BCUT2D eigenvalue weighted by Crippen LogP contribution is 2.29. The fourth-order valence-electron chi connectivity index (χ4n) is 3.17. The Kier molecular flexibility index (Phi) is 5.60. The second-order valence-electron chi connectivity index (χ2n) is 6.52. The molecule has 3 rings (SSSR count). The number of halogens is 3. The maximum Gasteiger partial charge on any atom is 0.416 e. The number of benzene rings is 2. The summed E-state index contributed by atoms with van der Waals surface area (Å²) in [4.78, 5) is 4.55. The number of alkyl halides is 3. The van der Waals surface area contributed by atoms with Crippen molar-refractivity contribution in [2.75, 3.05) is 26.2 Å². The summed E-state index contributed by atoms with van der Waals surface area (Å²) in [5, 5.41) is 9.18. The summed E-state index contributed by atoms with van der Waals surface area (Å²) < 4.78 is 37.9. The van der Waals surface area contributed by atoms with Gasteiger partial charge in [-0.15, -0.1) is 0 Å². The summed E-state index contributed by atoms with van der Waals surface area (Å²) in [5.41, 5.74) is 2.02. The molecule has 0 saturated carbocycles. The minimum Gasteiger partial charge on any atom is -0.297 e. The SMILES string of the molecule is N#Cc1ccccc1CN1CCN(Cc2ccc(C(F)(F)F)cc2)CC1. The Morgan fingerprint density at radius 2 is 1.42 bits per heavy atom. The van der Waals surface area contributed by atoms with Gasteiger partial charge in [-0.25, -0.2) is 0 Å². The van der Waals surface area contributed by atoms with Gasteiger partial charge in [-0.05, 0) is 29.3 Å². The van der Waals surface area contributed by atoms with Crippen molar-refractivity contribution < 1.29 is 13.2 Å². The van der Waals surface area contributed by atoms with Crippen molar-refractivity contribution >= 4 is 0 Å². The molecule has 26 heavy (non-hydrogen) atoms. The van der Waals surface area contributed by atoms with Crippen molar-refractivity contribution in [3.63, 3.8) is 0 Å². The van der Waals surface area contributed by atoms with Crippen molar-refractivity contribution in [2.24, 2.45) is 0 Å². The molecule has 0 atom stereocenters. The Labute approximate surface area is 151 Å². The zero-order valence-electron chi connectivity index (χ0n) is 14.3. The van der Waals surface area contributed by atoms with E-state index in [4.69, 9.17) is 0 Å². The third kappa shape index (κ3) is 4.63. The molecule has 0 amide bonds. The van der Waals surface area contributed by atoms with Crippen LogP contribution in [-0.4, -0.2) is 36.0 Å². The Balaban J connectivity index is 1.52. The van der Waals surface area contributed by atoms with Crippen LogP contribution in [0.3, 0.4) is 0 Å². The standard InChI is InChI=1S/C20H20F3N3/c21-20(22,23)19-7-5-16(6-8-19)14-25-9-11-26(12-10-25)15-18-4-2-1-3-17(18)13-24/h1-8H,9-12,14-15H2. The monoisotopic (exact) mass is 359 g/mol. The fraction of sp³-hybridized carbons (Fsp3) is 0.350. The van der Waals surface area contributed by atoms with Crippen molar-refractivity contribution in [1.82, 2.24) is 9.80 Å². The minimum atomic E-state index is -4.29. The molecule has 136 valence electrons. The fourth-order valence-corrected chi connectivity index (χ4v) is 3.17. The lowest BCUT2D eigenvalue weighted by Gasteiger charge is -2.34. The smallest absolute Gasteiger partial charge is 0.297 e. The first-order valence-electron chi connectivity index (χ1n) is 8.54. The summed E-state index contributed by atoms with van der Waals surface area (Å²) in [7, 11) is 0. The van der Waals surface area contributed by atoms with Gasteiger partial charge in [0.15, 0.2) is 0 Å². The average molecular weight is 359 g/mol. The van der Waals surface area contributed by atoms with Gasteiger partial charge in [-0.1, -0.05) is 30.3 Å². The molecule has 0 aliphatic carbocycles. The number of piperazine rings is 1. The van der Waals surface area contributed by atoms with Crippen LogP contribution in [0.1, 0.15) is 22.3 Å². The molecule has 2 aromatic carbocycles. The molecule has 1 heterocycles. The minimum absolute atomic E-state index is 0.609. The van der Waals surface area contributed by atoms with Crippen molar-refractivity contribution in [1.29, 1.82) is 5.26 Å². The molecular formula is C20H20F3N3. The van der Waals surface area contributed by atoms with Gasteiger partial charge in [0.2, 0.25) is 0 Å². The molecule has 6 heteroatoms. The zero-order valence-corrected chi connectivity index (χ0v) is 14.3. The highest BCUT2D eigenvalue weighted by Gasteiger charge is 2.30. The van der Waals surface area contributed by atoms with Gasteiger partial charge in [-0.3, -0.25) is 9.80 Å².